The number of ether oxygens (including phenoxy) is 1. The molecule has 4 heteroatoms. The van der Waals surface area contributed by atoms with Crippen LogP contribution in [0.1, 0.15) is 13.8 Å². The van der Waals surface area contributed by atoms with Crippen molar-refractivity contribution in [1.29, 1.82) is 0 Å². The number of nitrogens with one attached hydrogen (secondary N) is 1. The Morgan fingerprint density at radius 2 is 2.00 bits per heavy atom. The molecule has 0 bridgehead atoms. The molecule has 1 saturated heterocycles. The van der Waals surface area contributed by atoms with Crippen molar-refractivity contribution in [2.75, 3.05) is 19.7 Å². The maximum atomic E-state index is 12.4. The second-order valence-corrected chi connectivity index (χ2v) is 5.87. The third-order valence-corrected chi connectivity index (χ3v) is 4.44. The van der Waals surface area contributed by atoms with E-state index in [2.05, 4.69) is 25.2 Å². The standard InChI is InChI=1S/C18H22N2O2/c1-13-14(2)20(10-9-19-13)18(21)12-22-17-8-7-15-5-3-4-6-16(15)11-17/h3-8,11,13-14,19H,9-10,12H2,1-2H3. The highest BCUT2D eigenvalue weighted by Gasteiger charge is 2.28. The zero-order valence-electron chi connectivity index (χ0n) is 13.1. The van der Waals surface area contributed by atoms with Crippen LogP contribution in [-0.4, -0.2) is 42.6 Å². The average molecular weight is 298 g/mol. The second-order valence-electron chi connectivity index (χ2n) is 5.87. The predicted molar refractivity (Wildman–Crippen MR) is 88.1 cm³/mol. The van der Waals surface area contributed by atoms with Crippen LogP contribution in [0.3, 0.4) is 0 Å². The minimum Gasteiger partial charge on any atom is -0.484 e. The average Bonchev–Trinajstić information content (AvgIpc) is 2.55. The van der Waals surface area contributed by atoms with Gasteiger partial charge < -0.3 is 15.0 Å². The number of fused-ring (bicyclic) bond motifs is 1. The highest BCUT2D eigenvalue weighted by molar-refractivity contribution is 5.84. The molecule has 0 spiro atoms. The highest BCUT2D eigenvalue weighted by atomic mass is 16.5. The first-order chi connectivity index (χ1) is 10.6. The van der Waals surface area contributed by atoms with Crippen molar-refractivity contribution >= 4 is 16.7 Å². The van der Waals surface area contributed by atoms with Gasteiger partial charge in [0.15, 0.2) is 6.61 Å². The van der Waals surface area contributed by atoms with E-state index in [0.717, 1.165) is 24.2 Å². The summed E-state index contributed by atoms with van der Waals surface area (Å²) in [6, 6.07) is 14.6. The summed E-state index contributed by atoms with van der Waals surface area (Å²) in [5.41, 5.74) is 0. The monoisotopic (exact) mass is 298 g/mol. The van der Waals surface area contributed by atoms with Gasteiger partial charge in [0, 0.05) is 25.2 Å². The van der Waals surface area contributed by atoms with E-state index in [1.54, 1.807) is 0 Å². The molecule has 0 saturated carbocycles. The molecule has 1 heterocycles. The normalized spacial score (nSPS) is 21.8. The topological polar surface area (TPSA) is 41.6 Å². The maximum Gasteiger partial charge on any atom is 0.260 e. The molecule has 1 amide bonds. The Bertz CT molecular complexity index is 671. The van der Waals surface area contributed by atoms with E-state index < -0.39 is 0 Å². The molecule has 1 N–H and O–H groups in total. The van der Waals surface area contributed by atoms with E-state index in [1.165, 1.54) is 5.39 Å². The van der Waals surface area contributed by atoms with E-state index in [0.29, 0.717) is 6.04 Å². The summed E-state index contributed by atoms with van der Waals surface area (Å²) in [7, 11) is 0. The first kappa shape index (κ1) is 14.9. The number of carbonyl (C=O) groups is 1. The fraction of sp³-hybridized carbons (Fsp3) is 0.389. The van der Waals surface area contributed by atoms with Gasteiger partial charge in [-0.1, -0.05) is 30.3 Å². The lowest BCUT2D eigenvalue weighted by atomic mass is 10.1. The van der Waals surface area contributed by atoms with E-state index in [4.69, 9.17) is 4.74 Å². The van der Waals surface area contributed by atoms with Crippen molar-refractivity contribution in [3.8, 4) is 5.75 Å². The SMILES string of the molecule is CC1NCCN(C(=O)COc2ccc3ccccc3c2)C1C. The summed E-state index contributed by atoms with van der Waals surface area (Å²) < 4.78 is 5.70. The van der Waals surface area contributed by atoms with Gasteiger partial charge in [0.25, 0.3) is 5.91 Å². The number of amides is 1. The molecule has 116 valence electrons. The second kappa shape index (κ2) is 6.36. The molecule has 2 aromatic carbocycles. The van der Waals surface area contributed by atoms with Crippen LogP contribution < -0.4 is 10.1 Å². The van der Waals surface area contributed by atoms with Crippen molar-refractivity contribution in [2.24, 2.45) is 0 Å². The van der Waals surface area contributed by atoms with Gasteiger partial charge in [-0.25, -0.2) is 0 Å². The summed E-state index contributed by atoms with van der Waals surface area (Å²) >= 11 is 0. The smallest absolute Gasteiger partial charge is 0.260 e. The molecule has 3 rings (SSSR count). The third-order valence-electron chi connectivity index (χ3n) is 4.44. The molecule has 1 aliphatic rings. The molecule has 2 aromatic rings. The summed E-state index contributed by atoms with van der Waals surface area (Å²) in [5.74, 6) is 0.789. The van der Waals surface area contributed by atoms with Gasteiger partial charge in [-0.15, -0.1) is 0 Å². The molecule has 0 aromatic heterocycles. The van der Waals surface area contributed by atoms with Crippen molar-refractivity contribution in [2.45, 2.75) is 25.9 Å². The van der Waals surface area contributed by atoms with Crippen LogP contribution in [0.15, 0.2) is 42.5 Å². The first-order valence-corrected chi connectivity index (χ1v) is 7.79. The highest BCUT2D eigenvalue weighted by Crippen LogP contribution is 2.20. The molecule has 0 aliphatic carbocycles. The number of benzene rings is 2. The zero-order valence-corrected chi connectivity index (χ0v) is 13.1. The molecular formula is C18H22N2O2. The quantitative estimate of drug-likeness (QED) is 0.946. The minimum atomic E-state index is 0.0500. The molecule has 0 radical (unpaired) electrons. The van der Waals surface area contributed by atoms with Crippen molar-refractivity contribution in [3.63, 3.8) is 0 Å². The molecule has 2 atom stereocenters. The number of carbonyl (C=O) groups excluding carboxylic acids is 1. The van der Waals surface area contributed by atoms with Crippen molar-refractivity contribution < 1.29 is 9.53 Å². The van der Waals surface area contributed by atoms with Gasteiger partial charge in [0.2, 0.25) is 0 Å². The van der Waals surface area contributed by atoms with Gasteiger partial charge >= 0.3 is 0 Å². The van der Waals surface area contributed by atoms with Crippen LogP contribution in [0.4, 0.5) is 0 Å². The Balaban J connectivity index is 1.64. The minimum absolute atomic E-state index is 0.0500. The lowest BCUT2D eigenvalue weighted by molar-refractivity contribution is -0.137. The largest absolute Gasteiger partial charge is 0.484 e. The number of rotatable bonds is 3. The summed E-state index contributed by atoms with van der Waals surface area (Å²) in [5, 5.41) is 5.67. The number of piperazine rings is 1. The first-order valence-electron chi connectivity index (χ1n) is 7.79. The molecule has 2 unspecified atom stereocenters. The predicted octanol–water partition coefficient (Wildman–Crippen LogP) is 2.43. The van der Waals surface area contributed by atoms with Crippen LogP contribution in [-0.2, 0) is 4.79 Å². The Morgan fingerprint density at radius 3 is 2.82 bits per heavy atom. The fourth-order valence-electron chi connectivity index (χ4n) is 2.89. The van der Waals surface area contributed by atoms with E-state index in [-0.39, 0.29) is 18.6 Å². The van der Waals surface area contributed by atoms with Gasteiger partial charge in [0.05, 0.1) is 0 Å². The Kier molecular flexibility index (Phi) is 4.29. The summed E-state index contributed by atoms with van der Waals surface area (Å²) in [6.07, 6.45) is 0. The van der Waals surface area contributed by atoms with Crippen LogP contribution in [0.5, 0.6) is 5.75 Å². The van der Waals surface area contributed by atoms with Gasteiger partial charge in [-0.05, 0) is 36.8 Å². The van der Waals surface area contributed by atoms with Crippen molar-refractivity contribution in [3.05, 3.63) is 42.5 Å². The van der Waals surface area contributed by atoms with Crippen molar-refractivity contribution in [1.82, 2.24) is 10.2 Å². The van der Waals surface area contributed by atoms with Crippen LogP contribution in [0.25, 0.3) is 10.8 Å². The molecule has 4 nitrogen and oxygen atoms in total. The zero-order chi connectivity index (χ0) is 15.5. The number of nitrogens with zero attached hydrogens (tertiary/aromatic N) is 1. The van der Waals surface area contributed by atoms with E-state index >= 15 is 0 Å². The Labute approximate surface area is 131 Å². The Hall–Kier alpha value is -2.07. The molecule has 1 aliphatic heterocycles. The lowest BCUT2D eigenvalue weighted by Gasteiger charge is -2.38. The number of hydrogen-bond acceptors (Lipinski definition) is 3. The lowest BCUT2D eigenvalue weighted by Crippen LogP contribution is -2.58. The van der Waals surface area contributed by atoms with Crippen LogP contribution >= 0.6 is 0 Å². The summed E-state index contributed by atoms with van der Waals surface area (Å²) in [6.45, 7) is 5.85. The van der Waals surface area contributed by atoms with Gasteiger partial charge in [-0.2, -0.15) is 0 Å². The molecular weight excluding hydrogens is 276 g/mol. The van der Waals surface area contributed by atoms with Gasteiger partial charge in [0.1, 0.15) is 5.75 Å². The van der Waals surface area contributed by atoms with Crippen LogP contribution in [0, 0.1) is 0 Å². The summed E-state index contributed by atoms with van der Waals surface area (Å²) in [4.78, 5) is 14.3. The maximum absolute atomic E-state index is 12.4. The molecule has 1 fully saturated rings. The van der Waals surface area contributed by atoms with E-state index in [9.17, 15) is 4.79 Å². The van der Waals surface area contributed by atoms with E-state index in [1.807, 2.05) is 41.3 Å². The number of hydrogen-bond donors (Lipinski definition) is 1. The van der Waals surface area contributed by atoms with Crippen LogP contribution in [0.2, 0.25) is 0 Å². The van der Waals surface area contributed by atoms with Gasteiger partial charge in [-0.3, -0.25) is 4.79 Å². The molecule has 22 heavy (non-hydrogen) atoms. The fourth-order valence-corrected chi connectivity index (χ4v) is 2.89. The third kappa shape index (κ3) is 3.07. The Morgan fingerprint density at radius 1 is 1.23 bits per heavy atom.